The van der Waals surface area contributed by atoms with Crippen molar-refractivity contribution in [3.8, 4) is 0 Å². The quantitative estimate of drug-likeness (QED) is 0.690. The molecule has 1 N–H and O–H groups in total. The predicted octanol–water partition coefficient (Wildman–Crippen LogP) is 0.671. The Morgan fingerprint density at radius 2 is 2.46 bits per heavy atom. The molecule has 13 heavy (non-hydrogen) atoms. The lowest BCUT2D eigenvalue weighted by Gasteiger charge is -2.26. The third-order valence-corrected chi connectivity index (χ3v) is 2.74. The van der Waals surface area contributed by atoms with Crippen LogP contribution in [0.25, 0.3) is 0 Å². The summed E-state index contributed by atoms with van der Waals surface area (Å²) in [6.45, 7) is 3.32. The summed E-state index contributed by atoms with van der Waals surface area (Å²) in [5.41, 5.74) is 0. The molecule has 2 atom stereocenters. The van der Waals surface area contributed by atoms with Gasteiger partial charge in [0.1, 0.15) is 12.2 Å². The van der Waals surface area contributed by atoms with Crippen LogP contribution >= 0.6 is 0 Å². The van der Waals surface area contributed by atoms with Gasteiger partial charge in [-0.25, -0.2) is 0 Å². The molecule has 72 valence electrons. The molecule has 0 amide bonds. The monoisotopic (exact) mass is 180 g/mol. The lowest BCUT2D eigenvalue weighted by atomic mass is 9.92. The van der Waals surface area contributed by atoms with Crippen molar-refractivity contribution in [1.29, 1.82) is 0 Å². The standard InChI is InChI=1S/C9H16N4/c1-7-5-8(3-4-10-7)9-12-11-6-13(9)2/h6-8,10H,3-5H2,1-2H3/t7-,8-/m1/s1. The molecule has 0 unspecified atom stereocenters. The average molecular weight is 180 g/mol. The molecule has 0 aromatic carbocycles. The number of aryl methyl sites for hydroxylation is 1. The van der Waals surface area contributed by atoms with Gasteiger partial charge in [0.25, 0.3) is 0 Å². The topological polar surface area (TPSA) is 42.7 Å². The molecule has 2 heterocycles. The van der Waals surface area contributed by atoms with Crippen molar-refractivity contribution < 1.29 is 0 Å². The molecule has 0 saturated carbocycles. The van der Waals surface area contributed by atoms with Gasteiger partial charge in [-0.1, -0.05) is 0 Å². The van der Waals surface area contributed by atoms with E-state index in [-0.39, 0.29) is 0 Å². The molecule has 4 heteroatoms. The van der Waals surface area contributed by atoms with Crippen molar-refractivity contribution in [2.75, 3.05) is 6.54 Å². The van der Waals surface area contributed by atoms with Crippen molar-refractivity contribution in [1.82, 2.24) is 20.1 Å². The lowest BCUT2D eigenvalue weighted by molar-refractivity contribution is 0.366. The van der Waals surface area contributed by atoms with Crippen molar-refractivity contribution in [3.05, 3.63) is 12.2 Å². The molecule has 0 radical (unpaired) electrons. The maximum absolute atomic E-state index is 4.16. The van der Waals surface area contributed by atoms with E-state index in [0.29, 0.717) is 12.0 Å². The molecule has 2 rings (SSSR count). The Bertz CT molecular complexity index is 281. The van der Waals surface area contributed by atoms with E-state index < -0.39 is 0 Å². The minimum Gasteiger partial charge on any atom is -0.320 e. The Kier molecular flexibility index (Phi) is 2.31. The van der Waals surface area contributed by atoms with Gasteiger partial charge in [-0.15, -0.1) is 10.2 Å². The summed E-state index contributed by atoms with van der Waals surface area (Å²) in [5, 5.41) is 11.5. The fourth-order valence-electron chi connectivity index (χ4n) is 2.03. The molecule has 1 aliphatic rings. The van der Waals surface area contributed by atoms with E-state index in [4.69, 9.17) is 0 Å². The summed E-state index contributed by atoms with van der Waals surface area (Å²) in [5.74, 6) is 1.72. The minimum atomic E-state index is 0.587. The molecular weight excluding hydrogens is 164 g/mol. The first-order valence-electron chi connectivity index (χ1n) is 4.84. The van der Waals surface area contributed by atoms with Crippen LogP contribution in [0.5, 0.6) is 0 Å². The third-order valence-electron chi connectivity index (χ3n) is 2.74. The van der Waals surface area contributed by atoms with Crippen LogP contribution in [0.3, 0.4) is 0 Å². The zero-order valence-corrected chi connectivity index (χ0v) is 8.20. The first-order chi connectivity index (χ1) is 6.27. The second kappa shape index (κ2) is 3.46. The van der Waals surface area contributed by atoms with Crippen LogP contribution in [0.15, 0.2) is 6.33 Å². The summed E-state index contributed by atoms with van der Waals surface area (Å²) in [6, 6.07) is 0.607. The van der Waals surface area contributed by atoms with Crippen LogP contribution in [0.4, 0.5) is 0 Å². The normalized spacial score (nSPS) is 29.1. The molecule has 0 spiro atoms. The van der Waals surface area contributed by atoms with Gasteiger partial charge in [-0.3, -0.25) is 0 Å². The first kappa shape index (κ1) is 8.69. The number of nitrogens with one attached hydrogen (secondary N) is 1. The summed E-state index contributed by atoms with van der Waals surface area (Å²) in [7, 11) is 2.02. The van der Waals surface area contributed by atoms with Crippen LogP contribution in [0, 0.1) is 0 Å². The van der Waals surface area contributed by atoms with Gasteiger partial charge in [0.2, 0.25) is 0 Å². The van der Waals surface area contributed by atoms with E-state index in [9.17, 15) is 0 Å². The first-order valence-corrected chi connectivity index (χ1v) is 4.84. The van der Waals surface area contributed by atoms with Gasteiger partial charge >= 0.3 is 0 Å². The highest BCUT2D eigenvalue weighted by atomic mass is 15.2. The Balaban J connectivity index is 2.12. The number of nitrogens with zero attached hydrogens (tertiary/aromatic N) is 3. The number of hydrogen-bond donors (Lipinski definition) is 1. The van der Waals surface area contributed by atoms with Crippen molar-refractivity contribution in [2.45, 2.75) is 31.7 Å². The highest BCUT2D eigenvalue weighted by molar-refractivity contribution is 4.99. The van der Waals surface area contributed by atoms with Crippen molar-refractivity contribution in [2.24, 2.45) is 7.05 Å². The molecule has 1 aliphatic heterocycles. The maximum atomic E-state index is 4.16. The minimum absolute atomic E-state index is 0.587. The second-order valence-electron chi connectivity index (χ2n) is 3.88. The predicted molar refractivity (Wildman–Crippen MR) is 50.4 cm³/mol. The van der Waals surface area contributed by atoms with Gasteiger partial charge in [0, 0.05) is 19.0 Å². The fourth-order valence-corrected chi connectivity index (χ4v) is 2.03. The highest BCUT2D eigenvalue weighted by Gasteiger charge is 2.22. The molecule has 1 fully saturated rings. The van der Waals surface area contributed by atoms with Crippen molar-refractivity contribution in [3.63, 3.8) is 0 Å². The van der Waals surface area contributed by atoms with Crippen LogP contribution in [-0.4, -0.2) is 27.4 Å². The molecular formula is C9H16N4. The number of rotatable bonds is 1. The van der Waals surface area contributed by atoms with Crippen LogP contribution in [-0.2, 0) is 7.05 Å². The Hall–Kier alpha value is -0.900. The molecule has 1 aromatic rings. The Morgan fingerprint density at radius 3 is 3.08 bits per heavy atom. The maximum Gasteiger partial charge on any atom is 0.135 e. The van der Waals surface area contributed by atoms with E-state index in [1.165, 1.54) is 12.8 Å². The molecule has 4 nitrogen and oxygen atoms in total. The van der Waals surface area contributed by atoms with E-state index >= 15 is 0 Å². The molecule has 0 aliphatic carbocycles. The van der Waals surface area contributed by atoms with Crippen molar-refractivity contribution >= 4 is 0 Å². The van der Waals surface area contributed by atoms with Crippen LogP contribution < -0.4 is 5.32 Å². The summed E-state index contributed by atoms with van der Waals surface area (Å²) in [6.07, 6.45) is 4.13. The van der Waals surface area contributed by atoms with Crippen LogP contribution in [0.2, 0.25) is 0 Å². The third kappa shape index (κ3) is 1.72. The summed E-state index contributed by atoms with van der Waals surface area (Å²) >= 11 is 0. The van der Waals surface area contributed by atoms with Gasteiger partial charge in [0.05, 0.1) is 0 Å². The zero-order chi connectivity index (χ0) is 9.26. The highest BCUT2D eigenvalue weighted by Crippen LogP contribution is 2.25. The van der Waals surface area contributed by atoms with Gasteiger partial charge < -0.3 is 9.88 Å². The molecule has 1 saturated heterocycles. The molecule has 1 aromatic heterocycles. The van der Waals surface area contributed by atoms with E-state index in [1.54, 1.807) is 6.33 Å². The van der Waals surface area contributed by atoms with E-state index in [1.807, 2.05) is 11.6 Å². The number of aromatic nitrogens is 3. The fraction of sp³-hybridized carbons (Fsp3) is 0.778. The lowest BCUT2D eigenvalue weighted by Crippen LogP contribution is -2.35. The summed E-state index contributed by atoms with van der Waals surface area (Å²) < 4.78 is 2.03. The largest absolute Gasteiger partial charge is 0.320 e. The molecule has 0 bridgehead atoms. The number of piperidine rings is 1. The van der Waals surface area contributed by atoms with Gasteiger partial charge in [-0.05, 0) is 26.3 Å². The van der Waals surface area contributed by atoms with Crippen LogP contribution in [0.1, 0.15) is 31.5 Å². The van der Waals surface area contributed by atoms with Gasteiger partial charge in [-0.2, -0.15) is 0 Å². The van der Waals surface area contributed by atoms with E-state index in [2.05, 4.69) is 22.4 Å². The SMILES string of the molecule is C[C@@H]1C[C@H](c2nncn2C)CCN1. The zero-order valence-electron chi connectivity index (χ0n) is 8.20. The summed E-state index contributed by atoms with van der Waals surface area (Å²) in [4.78, 5) is 0. The van der Waals surface area contributed by atoms with E-state index in [0.717, 1.165) is 12.4 Å². The second-order valence-corrected chi connectivity index (χ2v) is 3.88. The average Bonchev–Trinajstić information content (AvgIpc) is 2.51. The Labute approximate surface area is 78.4 Å². The smallest absolute Gasteiger partial charge is 0.135 e. The number of hydrogen-bond acceptors (Lipinski definition) is 3. The van der Waals surface area contributed by atoms with Gasteiger partial charge in [0.15, 0.2) is 0 Å². The Morgan fingerprint density at radius 1 is 1.62 bits per heavy atom.